The van der Waals surface area contributed by atoms with Crippen molar-refractivity contribution in [1.82, 2.24) is 9.55 Å². The van der Waals surface area contributed by atoms with Crippen molar-refractivity contribution in [3.63, 3.8) is 0 Å². The quantitative estimate of drug-likeness (QED) is 0.454. The summed E-state index contributed by atoms with van der Waals surface area (Å²) >= 11 is 5.59. The summed E-state index contributed by atoms with van der Waals surface area (Å²) < 4.78 is 66.1. The lowest BCUT2D eigenvalue weighted by molar-refractivity contribution is -0.137. The van der Waals surface area contributed by atoms with E-state index in [1.54, 1.807) is 10.6 Å². The Bertz CT molecular complexity index is 1450. The van der Waals surface area contributed by atoms with Gasteiger partial charge in [0.2, 0.25) is 5.88 Å². The monoisotopic (exact) mass is 491 g/mol. The number of rotatable bonds is 5. The third kappa shape index (κ3) is 3.24. The molecule has 6 rings (SSSR count). The lowest BCUT2D eigenvalue weighted by Gasteiger charge is -2.27. The Balaban J connectivity index is 1.16. The highest BCUT2D eigenvalue weighted by Gasteiger charge is 2.64. The van der Waals surface area contributed by atoms with Gasteiger partial charge < -0.3 is 14.4 Å². The Morgan fingerprint density at radius 2 is 1.97 bits per heavy atom. The first-order valence-electron chi connectivity index (χ1n) is 10.2. The van der Waals surface area contributed by atoms with Gasteiger partial charge in [-0.25, -0.2) is 9.18 Å². The van der Waals surface area contributed by atoms with Crippen LogP contribution in [-0.4, -0.2) is 15.1 Å². The van der Waals surface area contributed by atoms with E-state index in [1.807, 2.05) is 11.1 Å². The lowest BCUT2D eigenvalue weighted by atomic mass is 10.2. The van der Waals surface area contributed by atoms with E-state index in [2.05, 4.69) is 4.98 Å². The molecule has 34 heavy (non-hydrogen) atoms. The maximum atomic E-state index is 14.6. The number of ether oxygens (including phenoxy) is 2. The molecule has 0 bridgehead atoms. The fourth-order valence-corrected chi connectivity index (χ4v) is 4.58. The van der Waals surface area contributed by atoms with Crippen molar-refractivity contribution in [3.8, 4) is 17.4 Å². The molecule has 3 aromatic rings. The second-order valence-corrected chi connectivity index (χ2v) is 8.76. The average Bonchev–Trinajstić information content (AvgIpc) is 3.22. The third-order valence-corrected chi connectivity index (χ3v) is 6.52. The number of nitrogens with zero attached hydrogens (tertiary/aromatic N) is 3. The summed E-state index contributed by atoms with van der Waals surface area (Å²) in [6.07, 6.45) is -1.71. The van der Waals surface area contributed by atoms with E-state index >= 15 is 0 Å². The van der Waals surface area contributed by atoms with Crippen LogP contribution < -0.4 is 20.1 Å². The van der Waals surface area contributed by atoms with E-state index in [4.69, 9.17) is 21.1 Å². The summed E-state index contributed by atoms with van der Waals surface area (Å²) in [5.74, 6) is -0.424. The summed E-state index contributed by atoms with van der Waals surface area (Å²) in [4.78, 5) is 18.4. The molecule has 3 aliphatic rings. The number of hydrogen-bond acceptors (Lipinski definition) is 5. The number of alkyl halides is 3. The van der Waals surface area contributed by atoms with Crippen molar-refractivity contribution in [1.29, 1.82) is 0 Å². The minimum Gasteiger partial charge on any atom is -0.473 e. The normalized spacial score (nSPS) is 19.6. The molecule has 0 amide bonds. The molecule has 1 aromatic heterocycles. The van der Waals surface area contributed by atoms with E-state index in [-0.39, 0.29) is 29.5 Å². The van der Waals surface area contributed by atoms with Gasteiger partial charge >= 0.3 is 11.9 Å². The van der Waals surface area contributed by atoms with Crippen LogP contribution in [0.15, 0.2) is 59.0 Å². The minimum absolute atomic E-state index is 0.0453. The molecule has 6 nitrogen and oxygen atoms in total. The highest BCUT2D eigenvalue weighted by atomic mass is 35.5. The predicted octanol–water partition coefficient (Wildman–Crippen LogP) is 5.29. The number of fused-ring (bicyclic) bond motifs is 2. The van der Waals surface area contributed by atoms with Crippen LogP contribution >= 0.6 is 11.6 Å². The maximum Gasteiger partial charge on any atom is 0.417 e. The van der Waals surface area contributed by atoms with Crippen molar-refractivity contribution in [2.45, 2.75) is 31.3 Å². The smallest absolute Gasteiger partial charge is 0.417 e. The van der Waals surface area contributed by atoms with Gasteiger partial charge in [-0.3, -0.25) is 4.57 Å². The van der Waals surface area contributed by atoms with E-state index in [0.29, 0.717) is 24.0 Å². The van der Waals surface area contributed by atoms with Gasteiger partial charge in [0, 0.05) is 18.7 Å². The molecular formula is C23H14ClF4N3O3. The molecule has 1 saturated carbocycles. The second kappa shape index (κ2) is 6.99. The zero-order valence-electron chi connectivity index (χ0n) is 17.2. The van der Waals surface area contributed by atoms with Gasteiger partial charge in [-0.2, -0.15) is 18.2 Å². The topological polar surface area (TPSA) is 56.6 Å². The first-order valence-corrected chi connectivity index (χ1v) is 10.6. The molecule has 2 aromatic carbocycles. The van der Waals surface area contributed by atoms with Crippen molar-refractivity contribution >= 4 is 17.4 Å². The first kappa shape index (κ1) is 21.0. The molecule has 1 fully saturated rings. The van der Waals surface area contributed by atoms with Crippen LogP contribution in [0.2, 0.25) is 5.02 Å². The summed E-state index contributed by atoms with van der Waals surface area (Å²) in [6.45, 7) is 0.517. The molecule has 11 heteroatoms. The standard InChI is InChI=1S/C23H14ClF4N3O3/c24-16-3-2-14(6-15(16)23(26,27)28)34-18-4-1-12(5-17(18)25)10-33-19-7-20-30(21(32)29-19)11-22-8-13(22)9-31(20)22/h1-7,9H,8,10-11H2. The zero-order chi connectivity index (χ0) is 23.8. The molecule has 0 radical (unpaired) electrons. The van der Waals surface area contributed by atoms with Gasteiger partial charge in [-0.15, -0.1) is 0 Å². The maximum absolute atomic E-state index is 14.6. The van der Waals surface area contributed by atoms with Crippen LogP contribution in [0, 0.1) is 5.82 Å². The Morgan fingerprint density at radius 1 is 1.15 bits per heavy atom. The molecule has 1 aliphatic carbocycles. The zero-order valence-corrected chi connectivity index (χ0v) is 18.0. The van der Waals surface area contributed by atoms with Gasteiger partial charge in [-0.1, -0.05) is 17.7 Å². The molecule has 0 N–H and O–H groups in total. The second-order valence-electron chi connectivity index (χ2n) is 8.35. The Hall–Kier alpha value is -3.53. The highest BCUT2D eigenvalue weighted by molar-refractivity contribution is 6.31. The van der Waals surface area contributed by atoms with Gasteiger partial charge in [0.1, 0.15) is 18.2 Å². The lowest BCUT2D eigenvalue weighted by Crippen LogP contribution is -2.35. The van der Waals surface area contributed by atoms with Crippen molar-refractivity contribution < 1.29 is 27.0 Å². The molecule has 3 heterocycles. The van der Waals surface area contributed by atoms with Crippen LogP contribution in [0.25, 0.3) is 0 Å². The fourth-order valence-electron chi connectivity index (χ4n) is 4.35. The summed E-state index contributed by atoms with van der Waals surface area (Å²) in [7, 11) is 0. The van der Waals surface area contributed by atoms with E-state index in [9.17, 15) is 22.4 Å². The van der Waals surface area contributed by atoms with Crippen molar-refractivity contribution in [2.75, 3.05) is 4.90 Å². The molecule has 1 atom stereocenters. The van der Waals surface area contributed by atoms with E-state index < -0.39 is 28.3 Å². The Labute approximate surface area is 194 Å². The van der Waals surface area contributed by atoms with Gasteiger partial charge in [-0.05, 0) is 41.5 Å². The summed E-state index contributed by atoms with van der Waals surface area (Å²) in [6, 6.07) is 8.56. The number of halogens is 5. The van der Waals surface area contributed by atoms with Gasteiger partial charge in [0.25, 0.3) is 0 Å². The van der Waals surface area contributed by atoms with Gasteiger partial charge in [0.05, 0.1) is 22.7 Å². The van der Waals surface area contributed by atoms with Crippen molar-refractivity contribution in [3.05, 3.63) is 86.7 Å². The molecule has 174 valence electrons. The molecule has 2 aliphatic heterocycles. The molecule has 1 spiro atoms. The van der Waals surface area contributed by atoms with Crippen LogP contribution in [0.3, 0.4) is 0 Å². The Kier molecular flexibility index (Phi) is 4.32. The SMILES string of the molecule is O=c1nc(OCc2ccc(Oc3ccc(Cl)c(C(F)(F)F)c3)c(F)c2)cc2n1CC13CC1=CN23. The minimum atomic E-state index is -4.67. The fraction of sp³-hybridized carbons (Fsp3) is 0.217. The van der Waals surface area contributed by atoms with Gasteiger partial charge in [0.15, 0.2) is 11.6 Å². The van der Waals surface area contributed by atoms with E-state index in [0.717, 1.165) is 18.6 Å². The Morgan fingerprint density at radius 3 is 2.68 bits per heavy atom. The summed E-state index contributed by atoms with van der Waals surface area (Å²) in [5, 5.41) is -0.481. The van der Waals surface area contributed by atoms with Crippen molar-refractivity contribution in [2.24, 2.45) is 0 Å². The van der Waals surface area contributed by atoms with Crippen LogP contribution in [0.1, 0.15) is 17.5 Å². The summed E-state index contributed by atoms with van der Waals surface area (Å²) in [5.41, 5.74) is 0.212. The largest absolute Gasteiger partial charge is 0.473 e. The third-order valence-electron chi connectivity index (χ3n) is 6.19. The number of aromatic nitrogens is 2. The first-order chi connectivity index (χ1) is 16.1. The highest BCUT2D eigenvalue weighted by Crippen LogP contribution is 2.61. The predicted molar refractivity (Wildman–Crippen MR) is 114 cm³/mol. The average molecular weight is 492 g/mol. The van der Waals surface area contributed by atoms with E-state index in [1.165, 1.54) is 23.8 Å². The van der Waals surface area contributed by atoms with Crippen LogP contribution in [0.4, 0.5) is 23.4 Å². The van der Waals surface area contributed by atoms with Crippen LogP contribution in [-0.2, 0) is 19.3 Å². The number of hydrogen-bond donors (Lipinski definition) is 0. The molecular weight excluding hydrogens is 478 g/mol. The van der Waals surface area contributed by atoms with Crippen LogP contribution in [0.5, 0.6) is 17.4 Å². The molecule has 1 unspecified atom stereocenters. The number of benzene rings is 2. The number of anilines is 1. The molecule has 0 saturated heterocycles.